The molecule has 0 unspecified atom stereocenters. The van der Waals surface area contributed by atoms with Gasteiger partial charge in [-0.3, -0.25) is 9.20 Å². The summed E-state index contributed by atoms with van der Waals surface area (Å²) in [5.41, 5.74) is -0.521. The van der Waals surface area contributed by atoms with E-state index in [9.17, 15) is 22.8 Å². The number of carbonyl (C=O) groups excluding carboxylic acids is 1. The number of pyridine rings is 1. The summed E-state index contributed by atoms with van der Waals surface area (Å²) in [7, 11) is 0. The lowest BCUT2D eigenvalue weighted by Gasteiger charge is -2.11. The summed E-state index contributed by atoms with van der Waals surface area (Å²) in [6, 6.07) is 13.6. The fourth-order valence-corrected chi connectivity index (χ4v) is 3.56. The number of carboxylic acid groups (broad SMARTS) is 1. The van der Waals surface area contributed by atoms with Crippen LogP contribution < -0.4 is 0 Å². The first-order valence-electron chi connectivity index (χ1n) is 8.89. The second-order valence-corrected chi connectivity index (χ2v) is 7.02. The number of imidazole rings is 1. The van der Waals surface area contributed by atoms with Crippen molar-refractivity contribution in [2.75, 3.05) is 0 Å². The van der Waals surface area contributed by atoms with Crippen molar-refractivity contribution in [1.82, 2.24) is 9.38 Å². The van der Waals surface area contributed by atoms with Crippen molar-refractivity contribution in [2.45, 2.75) is 6.18 Å². The first-order chi connectivity index (χ1) is 14.7. The second kappa shape index (κ2) is 7.55. The van der Waals surface area contributed by atoms with Gasteiger partial charge in [-0.1, -0.05) is 41.9 Å². The number of ketones is 1. The van der Waals surface area contributed by atoms with E-state index in [0.717, 1.165) is 12.1 Å². The van der Waals surface area contributed by atoms with Gasteiger partial charge in [-0.25, -0.2) is 9.78 Å². The summed E-state index contributed by atoms with van der Waals surface area (Å²) < 4.78 is 41.6. The van der Waals surface area contributed by atoms with Crippen LogP contribution in [0.3, 0.4) is 0 Å². The van der Waals surface area contributed by atoms with Crippen LogP contribution in [0.4, 0.5) is 13.2 Å². The van der Waals surface area contributed by atoms with E-state index in [-0.39, 0.29) is 22.1 Å². The van der Waals surface area contributed by atoms with Crippen molar-refractivity contribution in [3.63, 3.8) is 0 Å². The summed E-state index contributed by atoms with van der Waals surface area (Å²) in [6.45, 7) is 0. The predicted molar refractivity (Wildman–Crippen MR) is 107 cm³/mol. The summed E-state index contributed by atoms with van der Waals surface area (Å²) in [6.07, 6.45) is -3.19. The minimum atomic E-state index is -4.71. The number of fused-ring (bicyclic) bond motifs is 1. The molecule has 0 amide bonds. The SMILES string of the molecule is O=C(O)c1ccc(-c2nc(C(=O)c3ccccc3C(F)(F)F)n3ccccc23)cc1Cl. The average molecular weight is 445 g/mol. The number of halogens is 4. The van der Waals surface area contributed by atoms with E-state index in [1.54, 1.807) is 18.2 Å². The lowest BCUT2D eigenvalue weighted by molar-refractivity contribution is -0.137. The van der Waals surface area contributed by atoms with Gasteiger partial charge < -0.3 is 5.11 Å². The molecule has 0 saturated heterocycles. The van der Waals surface area contributed by atoms with Gasteiger partial charge in [-0.2, -0.15) is 13.2 Å². The number of rotatable bonds is 4. The average Bonchev–Trinajstić information content (AvgIpc) is 3.12. The van der Waals surface area contributed by atoms with E-state index in [2.05, 4.69) is 4.98 Å². The van der Waals surface area contributed by atoms with Crippen molar-refractivity contribution < 1.29 is 27.9 Å². The smallest absolute Gasteiger partial charge is 0.417 e. The third kappa shape index (κ3) is 3.66. The van der Waals surface area contributed by atoms with Crippen molar-refractivity contribution in [1.29, 1.82) is 0 Å². The van der Waals surface area contributed by atoms with Gasteiger partial charge in [0.05, 0.1) is 27.4 Å². The van der Waals surface area contributed by atoms with Crippen molar-refractivity contribution >= 4 is 28.9 Å². The molecule has 0 bridgehead atoms. The van der Waals surface area contributed by atoms with E-state index in [0.29, 0.717) is 11.1 Å². The number of hydrogen-bond donors (Lipinski definition) is 1. The largest absolute Gasteiger partial charge is 0.478 e. The van der Waals surface area contributed by atoms with Crippen LogP contribution in [0.25, 0.3) is 16.8 Å². The number of carboxylic acids is 1. The standard InChI is InChI=1S/C22H12ClF3N2O3/c23-16-11-12(8-9-14(16)21(30)31)18-17-7-3-4-10-28(17)20(27-18)19(29)13-5-1-2-6-15(13)22(24,25)26/h1-11H,(H,30,31). The van der Waals surface area contributed by atoms with E-state index in [4.69, 9.17) is 16.7 Å². The summed E-state index contributed by atoms with van der Waals surface area (Å²) in [5, 5.41) is 9.12. The maximum atomic E-state index is 13.4. The summed E-state index contributed by atoms with van der Waals surface area (Å²) >= 11 is 6.05. The maximum absolute atomic E-state index is 13.4. The molecule has 0 aliphatic heterocycles. The molecule has 2 aromatic carbocycles. The topological polar surface area (TPSA) is 71.7 Å². The molecule has 156 valence electrons. The Labute approximate surface area is 178 Å². The molecule has 2 heterocycles. The van der Waals surface area contributed by atoms with Crippen LogP contribution in [0.15, 0.2) is 66.9 Å². The van der Waals surface area contributed by atoms with Gasteiger partial charge in [-0.15, -0.1) is 0 Å². The van der Waals surface area contributed by atoms with Crippen molar-refractivity contribution in [3.8, 4) is 11.3 Å². The lowest BCUT2D eigenvalue weighted by atomic mass is 10.0. The quantitative estimate of drug-likeness (QED) is 0.416. The van der Waals surface area contributed by atoms with Crippen molar-refractivity contribution in [3.05, 3.63) is 94.4 Å². The molecule has 0 saturated carbocycles. The zero-order valence-electron chi connectivity index (χ0n) is 15.5. The minimum Gasteiger partial charge on any atom is -0.478 e. The highest BCUT2D eigenvalue weighted by atomic mass is 35.5. The van der Waals surface area contributed by atoms with E-state index < -0.39 is 29.1 Å². The molecule has 2 aromatic heterocycles. The number of hydrogen-bond acceptors (Lipinski definition) is 3. The molecule has 5 nitrogen and oxygen atoms in total. The van der Waals surface area contributed by atoms with Gasteiger partial charge in [0.15, 0.2) is 5.82 Å². The van der Waals surface area contributed by atoms with Gasteiger partial charge in [-0.05, 0) is 30.3 Å². The first kappa shape index (κ1) is 20.6. The zero-order valence-corrected chi connectivity index (χ0v) is 16.3. The van der Waals surface area contributed by atoms with Crippen LogP contribution in [0.2, 0.25) is 5.02 Å². The van der Waals surface area contributed by atoms with Crippen LogP contribution in [-0.4, -0.2) is 26.2 Å². The van der Waals surface area contributed by atoms with E-state index >= 15 is 0 Å². The highest BCUT2D eigenvalue weighted by Gasteiger charge is 2.36. The normalized spacial score (nSPS) is 11.6. The molecular weight excluding hydrogens is 433 g/mol. The molecule has 4 rings (SSSR count). The Hall–Kier alpha value is -3.65. The summed E-state index contributed by atoms with van der Waals surface area (Å²) in [5.74, 6) is -2.31. The number of aromatic carboxylic acids is 1. The van der Waals surface area contributed by atoms with Gasteiger partial charge in [0.1, 0.15) is 0 Å². The molecule has 0 aliphatic carbocycles. The van der Waals surface area contributed by atoms with Crippen LogP contribution in [0, 0.1) is 0 Å². The number of nitrogens with zero attached hydrogens (tertiary/aromatic N) is 2. The fourth-order valence-electron chi connectivity index (χ4n) is 3.30. The number of carbonyl (C=O) groups is 2. The minimum absolute atomic E-state index is 0.0302. The van der Waals surface area contributed by atoms with E-state index in [1.807, 2.05) is 0 Å². The Kier molecular flexibility index (Phi) is 5.02. The molecule has 0 aliphatic rings. The molecule has 9 heteroatoms. The Morgan fingerprint density at radius 1 is 0.968 bits per heavy atom. The zero-order chi connectivity index (χ0) is 22.3. The van der Waals surface area contributed by atoms with Crippen molar-refractivity contribution in [2.24, 2.45) is 0 Å². The van der Waals surface area contributed by atoms with E-state index in [1.165, 1.54) is 40.9 Å². The Bertz CT molecular complexity index is 1350. The van der Waals surface area contributed by atoms with Gasteiger partial charge in [0, 0.05) is 17.3 Å². The first-order valence-corrected chi connectivity index (χ1v) is 9.27. The van der Waals surface area contributed by atoms with Crippen LogP contribution in [-0.2, 0) is 6.18 Å². The number of benzene rings is 2. The second-order valence-electron chi connectivity index (χ2n) is 6.61. The third-order valence-corrected chi connectivity index (χ3v) is 5.01. The highest BCUT2D eigenvalue weighted by Crippen LogP contribution is 2.34. The Balaban J connectivity index is 1.90. The molecule has 0 fully saturated rings. The number of aromatic nitrogens is 2. The molecular formula is C22H12ClF3N2O3. The third-order valence-electron chi connectivity index (χ3n) is 4.70. The molecule has 0 spiro atoms. The molecule has 4 aromatic rings. The Morgan fingerprint density at radius 3 is 2.35 bits per heavy atom. The van der Waals surface area contributed by atoms with Crippen LogP contribution >= 0.6 is 11.6 Å². The Morgan fingerprint density at radius 2 is 1.68 bits per heavy atom. The van der Waals surface area contributed by atoms with Gasteiger partial charge in [0.25, 0.3) is 0 Å². The summed E-state index contributed by atoms with van der Waals surface area (Å²) in [4.78, 5) is 28.6. The molecule has 0 atom stereocenters. The predicted octanol–water partition coefficient (Wildman–Crippen LogP) is 5.60. The van der Waals surface area contributed by atoms with Gasteiger partial charge >= 0.3 is 12.1 Å². The fraction of sp³-hybridized carbons (Fsp3) is 0.0455. The van der Waals surface area contributed by atoms with Crippen LogP contribution in [0.5, 0.6) is 0 Å². The molecule has 31 heavy (non-hydrogen) atoms. The maximum Gasteiger partial charge on any atom is 0.417 e. The monoisotopic (exact) mass is 444 g/mol. The highest BCUT2D eigenvalue weighted by molar-refractivity contribution is 6.33. The molecule has 1 N–H and O–H groups in total. The van der Waals surface area contributed by atoms with Gasteiger partial charge in [0.2, 0.25) is 5.78 Å². The molecule has 0 radical (unpaired) electrons. The number of alkyl halides is 3. The van der Waals surface area contributed by atoms with Crippen LogP contribution in [0.1, 0.15) is 32.1 Å². The lowest BCUT2D eigenvalue weighted by Crippen LogP contribution is -2.15.